The first-order valence-electron chi connectivity index (χ1n) is 10.4. The van der Waals surface area contributed by atoms with E-state index in [0.29, 0.717) is 27.7 Å². The molecule has 1 aliphatic carbocycles. The maximum atomic E-state index is 15.0. The van der Waals surface area contributed by atoms with Crippen molar-refractivity contribution in [1.29, 1.82) is 0 Å². The lowest BCUT2D eigenvalue weighted by atomic mass is 9.98. The van der Waals surface area contributed by atoms with Crippen molar-refractivity contribution in [3.63, 3.8) is 0 Å². The number of hydrogen-bond donors (Lipinski definition) is 2. The first-order valence-corrected chi connectivity index (χ1v) is 10.4. The normalized spacial score (nSPS) is 19.8. The summed E-state index contributed by atoms with van der Waals surface area (Å²) in [5, 5.41) is 8.31. The van der Waals surface area contributed by atoms with Gasteiger partial charge in [0, 0.05) is 60.2 Å². The molecule has 8 heteroatoms. The van der Waals surface area contributed by atoms with E-state index in [1.165, 1.54) is 6.20 Å². The molecule has 1 saturated carbocycles. The third-order valence-corrected chi connectivity index (χ3v) is 6.37. The van der Waals surface area contributed by atoms with E-state index in [9.17, 15) is 4.79 Å². The van der Waals surface area contributed by atoms with Crippen LogP contribution in [0.3, 0.4) is 0 Å². The van der Waals surface area contributed by atoms with E-state index in [0.717, 1.165) is 11.1 Å². The maximum Gasteiger partial charge on any atom is 0.229 e. The molecule has 1 aromatic carbocycles. The van der Waals surface area contributed by atoms with Crippen LogP contribution in [0.1, 0.15) is 24.0 Å². The average molecular weight is 430 g/mol. The quantitative estimate of drug-likeness (QED) is 0.476. The topological polar surface area (TPSA) is 98.7 Å². The predicted molar refractivity (Wildman–Crippen MR) is 121 cm³/mol. The van der Waals surface area contributed by atoms with E-state index in [1.54, 1.807) is 29.2 Å². The van der Waals surface area contributed by atoms with E-state index in [4.69, 9.17) is 5.73 Å². The Morgan fingerprint density at radius 3 is 2.75 bits per heavy atom. The van der Waals surface area contributed by atoms with E-state index < -0.39 is 5.82 Å². The van der Waals surface area contributed by atoms with Gasteiger partial charge in [-0.05, 0) is 47.6 Å². The molecule has 4 aromatic rings. The summed E-state index contributed by atoms with van der Waals surface area (Å²) in [6, 6.07) is 5.27. The Morgan fingerprint density at radius 2 is 2.03 bits per heavy atom. The Labute approximate surface area is 184 Å². The van der Waals surface area contributed by atoms with Crippen LogP contribution in [-0.4, -0.2) is 25.7 Å². The van der Waals surface area contributed by atoms with E-state index in [1.807, 2.05) is 32.4 Å². The summed E-state index contributed by atoms with van der Waals surface area (Å²) in [6.07, 6.45) is 8.54. The van der Waals surface area contributed by atoms with Crippen LogP contribution < -0.4 is 11.1 Å². The number of fused-ring (bicyclic) bond motifs is 1. The van der Waals surface area contributed by atoms with Crippen molar-refractivity contribution in [2.75, 3.05) is 11.1 Å². The molecule has 3 unspecified atom stereocenters. The highest BCUT2D eigenvalue weighted by Gasteiger charge is 2.52. The smallest absolute Gasteiger partial charge is 0.229 e. The molecular weight excluding hydrogens is 407 g/mol. The first kappa shape index (κ1) is 20.1. The molecule has 3 heterocycles. The van der Waals surface area contributed by atoms with Crippen LogP contribution in [0.2, 0.25) is 0 Å². The summed E-state index contributed by atoms with van der Waals surface area (Å²) in [6.45, 7) is 3.95. The second-order valence-electron chi connectivity index (χ2n) is 8.48. The van der Waals surface area contributed by atoms with E-state index >= 15 is 4.39 Å². The van der Waals surface area contributed by atoms with Gasteiger partial charge < -0.3 is 11.1 Å². The highest BCUT2D eigenvalue weighted by molar-refractivity contribution is 6.00. The summed E-state index contributed by atoms with van der Waals surface area (Å²) in [5.74, 6) is 0.0588. The molecule has 0 spiro atoms. The summed E-state index contributed by atoms with van der Waals surface area (Å²) < 4.78 is 16.8. The van der Waals surface area contributed by atoms with Crippen molar-refractivity contribution in [2.24, 2.45) is 18.9 Å². The van der Waals surface area contributed by atoms with Gasteiger partial charge in [0.15, 0.2) is 5.82 Å². The summed E-state index contributed by atoms with van der Waals surface area (Å²) in [4.78, 5) is 21.3. The lowest BCUT2D eigenvalue weighted by Crippen LogP contribution is -2.16. The van der Waals surface area contributed by atoms with Gasteiger partial charge in [-0.2, -0.15) is 5.10 Å². The highest BCUT2D eigenvalue weighted by Crippen LogP contribution is 2.54. The minimum absolute atomic E-state index is 0.0265. The Balaban J connectivity index is 1.45. The minimum atomic E-state index is -0.502. The predicted octanol–water partition coefficient (Wildman–Crippen LogP) is 4.05. The average Bonchev–Trinajstić information content (AvgIpc) is 3.25. The molecule has 1 amide bonds. The molecule has 162 valence electrons. The second-order valence-corrected chi connectivity index (χ2v) is 8.48. The summed E-state index contributed by atoms with van der Waals surface area (Å²) in [5.41, 5.74) is 9.11. The SMILES string of the molecule is Cc1ccncc1-c1cc2cc(NC(=O)C3C(C)C3c3cnn(C)c3)ncc2c(N)c1F. The minimum Gasteiger partial charge on any atom is -0.396 e. The van der Waals surface area contributed by atoms with E-state index in [2.05, 4.69) is 27.3 Å². The molecule has 0 aliphatic heterocycles. The van der Waals surface area contributed by atoms with Gasteiger partial charge in [0.25, 0.3) is 0 Å². The number of carbonyl (C=O) groups excluding carboxylic acids is 1. The van der Waals surface area contributed by atoms with Gasteiger partial charge in [-0.15, -0.1) is 0 Å². The number of hydrogen-bond acceptors (Lipinski definition) is 5. The number of pyridine rings is 2. The molecule has 32 heavy (non-hydrogen) atoms. The number of nitrogen functional groups attached to an aromatic ring is 1. The van der Waals surface area contributed by atoms with Gasteiger partial charge in [0.1, 0.15) is 5.82 Å². The lowest BCUT2D eigenvalue weighted by Gasteiger charge is -2.12. The lowest BCUT2D eigenvalue weighted by molar-refractivity contribution is -0.117. The molecule has 5 rings (SSSR count). The maximum absolute atomic E-state index is 15.0. The Morgan fingerprint density at radius 1 is 1.22 bits per heavy atom. The fraction of sp³-hybridized carbons (Fsp3) is 0.250. The van der Waals surface area contributed by atoms with Crippen LogP contribution in [0.25, 0.3) is 21.9 Å². The van der Waals surface area contributed by atoms with Crippen LogP contribution in [0.5, 0.6) is 0 Å². The van der Waals surface area contributed by atoms with Crippen LogP contribution in [-0.2, 0) is 11.8 Å². The number of rotatable bonds is 4. The fourth-order valence-electron chi connectivity index (χ4n) is 4.51. The number of anilines is 2. The second kappa shape index (κ2) is 7.40. The Bertz CT molecular complexity index is 1360. The molecule has 3 atom stereocenters. The van der Waals surface area contributed by atoms with Crippen LogP contribution >= 0.6 is 0 Å². The van der Waals surface area contributed by atoms with Gasteiger partial charge in [0.05, 0.1) is 11.9 Å². The van der Waals surface area contributed by atoms with E-state index in [-0.39, 0.29) is 29.3 Å². The number of aryl methyl sites for hydroxylation is 2. The standard InChI is InChI=1S/C24H23FN6O/c1-12-4-5-27-9-17(12)16-6-14-7-19(28-10-18(14)23(26)22(16)25)30-24(32)21-13(2)20(21)15-8-29-31(3)11-15/h4-11,13,20-21H,26H2,1-3H3,(H,28,30,32). The third kappa shape index (κ3) is 3.28. The number of nitrogens with two attached hydrogens (primary N) is 1. The summed E-state index contributed by atoms with van der Waals surface area (Å²) in [7, 11) is 1.86. The number of amides is 1. The molecule has 3 aromatic heterocycles. The molecule has 1 fully saturated rings. The van der Waals surface area contributed by atoms with Gasteiger partial charge >= 0.3 is 0 Å². The van der Waals surface area contributed by atoms with Gasteiger partial charge in [-0.1, -0.05) is 6.92 Å². The zero-order valence-electron chi connectivity index (χ0n) is 18.0. The fourth-order valence-corrected chi connectivity index (χ4v) is 4.51. The number of nitrogens with zero attached hydrogens (tertiary/aromatic N) is 4. The highest BCUT2D eigenvalue weighted by atomic mass is 19.1. The van der Waals surface area contributed by atoms with Crippen LogP contribution in [0.15, 0.2) is 49.2 Å². The van der Waals surface area contributed by atoms with Crippen molar-refractivity contribution in [1.82, 2.24) is 19.7 Å². The van der Waals surface area contributed by atoms with Gasteiger partial charge in [0.2, 0.25) is 5.91 Å². The zero-order chi connectivity index (χ0) is 22.6. The van der Waals surface area contributed by atoms with Crippen molar-refractivity contribution in [3.05, 3.63) is 66.1 Å². The molecule has 0 bridgehead atoms. The molecule has 0 saturated heterocycles. The molecule has 0 radical (unpaired) electrons. The largest absolute Gasteiger partial charge is 0.396 e. The number of carbonyl (C=O) groups is 1. The number of halogens is 1. The van der Waals surface area contributed by atoms with Crippen molar-refractivity contribution < 1.29 is 9.18 Å². The van der Waals surface area contributed by atoms with Crippen molar-refractivity contribution in [3.8, 4) is 11.1 Å². The van der Waals surface area contributed by atoms with Crippen LogP contribution in [0, 0.1) is 24.6 Å². The molecule has 1 aliphatic rings. The third-order valence-electron chi connectivity index (χ3n) is 6.37. The number of aromatic nitrogens is 4. The van der Waals surface area contributed by atoms with Crippen LogP contribution in [0.4, 0.5) is 15.9 Å². The van der Waals surface area contributed by atoms with Gasteiger partial charge in [-0.3, -0.25) is 14.5 Å². The summed E-state index contributed by atoms with van der Waals surface area (Å²) >= 11 is 0. The number of nitrogens with one attached hydrogen (secondary N) is 1. The molecule has 3 N–H and O–H groups in total. The van der Waals surface area contributed by atoms with Gasteiger partial charge in [-0.25, -0.2) is 9.37 Å². The molecule has 7 nitrogen and oxygen atoms in total. The van der Waals surface area contributed by atoms with Crippen molar-refractivity contribution >= 4 is 28.2 Å². The number of benzene rings is 1. The first-order chi connectivity index (χ1) is 15.3. The zero-order valence-corrected chi connectivity index (χ0v) is 18.0. The van der Waals surface area contributed by atoms with Crippen molar-refractivity contribution in [2.45, 2.75) is 19.8 Å². The monoisotopic (exact) mass is 430 g/mol. The Hall–Kier alpha value is -3.81. The molecular formula is C24H23FN6O. The Kier molecular flexibility index (Phi) is 4.65.